The zero-order valence-corrected chi connectivity index (χ0v) is 12.7. The average Bonchev–Trinajstić information content (AvgIpc) is 2.46. The minimum Gasteiger partial charge on any atom is -0.494 e. The number of benzene rings is 1. The Balaban J connectivity index is 2.07. The first-order chi connectivity index (χ1) is 10.2. The zero-order chi connectivity index (χ0) is 15.1. The highest BCUT2D eigenvalue weighted by molar-refractivity contribution is 6.28. The molecule has 1 heterocycles. The Morgan fingerprint density at radius 2 is 1.76 bits per heavy atom. The normalized spacial score (nSPS) is 10.2. The van der Waals surface area contributed by atoms with Crippen molar-refractivity contribution in [3.05, 3.63) is 29.5 Å². The molecule has 2 aromatic rings. The van der Waals surface area contributed by atoms with Crippen molar-refractivity contribution < 1.29 is 9.47 Å². The maximum Gasteiger partial charge on any atom is 0.328 e. The summed E-state index contributed by atoms with van der Waals surface area (Å²) in [5, 5.41) is 3.04. The third kappa shape index (κ3) is 4.75. The molecule has 0 aliphatic rings. The van der Waals surface area contributed by atoms with E-state index >= 15 is 0 Å². The second-order valence-corrected chi connectivity index (χ2v) is 4.50. The molecule has 0 saturated heterocycles. The number of nitrogens with one attached hydrogen (secondary N) is 1. The van der Waals surface area contributed by atoms with Crippen molar-refractivity contribution in [2.24, 2.45) is 0 Å². The van der Waals surface area contributed by atoms with Crippen molar-refractivity contribution in [3.63, 3.8) is 0 Å². The second-order valence-electron chi connectivity index (χ2n) is 4.16. The number of halogens is 1. The van der Waals surface area contributed by atoms with Gasteiger partial charge >= 0.3 is 6.01 Å². The van der Waals surface area contributed by atoms with Gasteiger partial charge in [0.2, 0.25) is 11.2 Å². The summed E-state index contributed by atoms with van der Waals surface area (Å²) >= 11 is 5.83. The van der Waals surface area contributed by atoms with Gasteiger partial charge in [-0.2, -0.15) is 15.0 Å². The van der Waals surface area contributed by atoms with Crippen LogP contribution in [-0.2, 0) is 0 Å². The third-order valence-electron chi connectivity index (χ3n) is 2.43. The van der Waals surface area contributed by atoms with E-state index in [2.05, 4.69) is 27.2 Å². The molecule has 21 heavy (non-hydrogen) atoms. The first-order valence-corrected chi connectivity index (χ1v) is 7.15. The zero-order valence-electron chi connectivity index (χ0n) is 12.0. The van der Waals surface area contributed by atoms with Gasteiger partial charge in [0.15, 0.2) is 0 Å². The van der Waals surface area contributed by atoms with Crippen molar-refractivity contribution in [1.29, 1.82) is 0 Å². The number of nitrogens with zero attached hydrogens (tertiary/aromatic N) is 3. The quantitative estimate of drug-likeness (QED) is 0.843. The maximum absolute atomic E-state index is 5.83. The number of aromatic nitrogens is 3. The van der Waals surface area contributed by atoms with Crippen molar-refractivity contribution in [3.8, 4) is 17.5 Å². The largest absolute Gasteiger partial charge is 0.494 e. The highest BCUT2D eigenvalue weighted by Crippen LogP contribution is 2.22. The molecular weight excluding hydrogens is 292 g/mol. The molecule has 6 nitrogen and oxygen atoms in total. The van der Waals surface area contributed by atoms with Crippen LogP contribution >= 0.6 is 11.6 Å². The predicted molar refractivity (Wildman–Crippen MR) is 81.3 cm³/mol. The van der Waals surface area contributed by atoms with Gasteiger partial charge in [-0.25, -0.2) is 0 Å². The smallest absolute Gasteiger partial charge is 0.328 e. The lowest BCUT2D eigenvalue weighted by Gasteiger charge is -2.08. The van der Waals surface area contributed by atoms with Crippen LogP contribution in [0.1, 0.15) is 20.3 Å². The molecule has 0 fully saturated rings. The molecule has 0 saturated carbocycles. The molecule has 7 heteroatoms. The number of rotatable bonds is 7. The summed E-state index contributed by atoms with van der Waals surface area (Å²) in [6.45, 7) is 5.37. The van der Waals surface area contributed by atoms with E-state index in [1.54, 1.807) is 12.1 Å². The van der Waals surface area contributed by atoms with E-state index in [4.69, 9.17) is 21.1 Å². The Kier molecular flexibility index (Phi) is 5.57. The van der Waals surface area contributed by atoms with Gasteiger partial charge < -0.3 is 14.8 Å². The molecule has 0 unspecified atom stereocenters. The minimum absolute atomic E-state index is 0.0823. The average molecular weight is 309 g/mol. The number of anilines is 1. The van der Waals surface area contributed by atoms with Crippen LogP contribution < -0.4 is 14.8 Å². The summed E-state index contributed by atoms with van der Waals surface area (Å²) in [5.41, 5.74) is 0. The standard InChI is InChI=1S/C14H17ClN4O2/c1-3-9-20-10-5-7-11(8-6-10)21-14-18-12(15)17-13(19-14)16-4-2/h5-8H,3-4,9H2,1-2H3,(H,16,17,18,19). The maximum atomic E-state index is 5.83. The van der Waals surface area contributed by atoms with E-state index in [1.165, 1.54) is 0 Å². The molecule has 1 N–H and O–H groups in total. The summed E-state index contributed by atoms with van der Waals surface area (Å²) in [6, 6.07) is 7.39. The Labute approximate surface area is 128 Å². The third-order valence-corrected chi connectivity index (χ3v) is 2.60. The SMILES string of the molecule is CCCOc1ccc(Oc2nc(Cl)nc(NCC)n2)cc1. The molecule has 0 aliphatic heterocycles. The molecule has 0 bridgehead atoms. The molecule has 0 radical (unpaired) electrons. The van der Waals surface area contributed by atoms with Crippen molar-refractivity contribution in [2.75, 3.05) is 18.5 Å². The molecule has 1 aromatic carbocycles. The Hall–Kier alpha value is -2.08. The van der Waals surface area contributed by atoms with Gasteiger partial charge in [-0.15, -0.1) is 0 Å². The van der Waals surface area contributed by atoms with Crippen LogP contribution in [0.15, 0.2) is 24.3 Å². The lowest BCUT2D eigenvalue weighted by molar-refractivity contribution is 0.317. The lowest BCUT2D eigenvalue weighted by Crippen LogP contribution is -2.04. The molecular formula is C14H17ClN4O2. The van der Waals surface area contributed by atoms with Crippen molar-refractivity contribution >= 4 is 17.5 Å². The Morgan fingerprint density at radius 3 is 2.43 bits per heavy atom. The van der Waals surface area contributed by atoms with Crippen LogP contribution in [0.3, 0.4) is 0 Å². The van der Waals surface area contributed by atoms with Gasteiger partial charge in [0, 0.05) is 6.54 Å². The fourth-order valence-electron chi connectivity index (χ4n) is 1.54. The topological polar surface area (TPSA) is 69.2 Å². The lowest BCUT2D eigenvalue weighted by atomic mass is 10.3. The predicted octanol–water partition coefficient (Wildman–Crippen LogP) is 3.54. The van der Waals surface area contributed by atoms with E-state index in [1.807, 2.05) is 19.1 Å². The van der Waals surface area contributed by atoms with Gasteiger partial charge in [0.25, 0.3) is 0 Å². The highest BCUT2D eigenvalue weighted by atomic mass is 35.5. The fourth-order valence-corrected chi connectivity index (χ4v) is 1.70. The Morgan fingerprint density at radius 1 is 1.05 bits per heavy atom. The van der Waals surface area contributed by atoms with Crippen LogP contribution in [0.2, 0.25) is 5.28 Å². The Bertz CT molecular complexity index is 578. The van der Waals surface area contributed by atoms with Gasteiger partial charge in [-0.3, -0.25) is 0 Å². The fraction of sp³-hybridized carbons (Fsp3) is 0.357. The minimum atomic E-state index is 0.0823. The van der Waals surface area contributed by atoms with Gasteiger partial charge in [-0.1, -0.05) is 6.92 Å². The summed E-state index contributed by atoms with van der Waals surface area (Å²) in [4.78, 5) is 12.0. The van der Waals surface area contributed by atoms with E-state index in [0.717, 1.165) is 12.2 Å². The molecule has 0 spiro atoms. The first-order valence-electron chi connectivity index (χ1n) is 6.77. The molecule has 0 atom stereocenters. The first kappa shape index (κ1) is 15.3. The van der Waals surface area contributed by atoms with Crippen LogP contribution in [0, 0.1) is 0 Å². The number of hydrogen-bond acceptors (Lipinski definition) is 6. The summed E-state index contributed by atoms with van der Waals surface area (Å²) in [7, 11) is 0. The van der Waals surface area contributed by atoms with Gasteiger partial charge in [-0.05, 0) is 49.2 Å². The van der Waals surface area contributed by atoms with Crippen molar-refractivity contribution in [1.82, 2.24) is 15.0 Å². The van der Waals surface area contributed by atoms with Gasteiger partial charge in [0.05, 0.1) is 6.61 Å². The van der Waals surface area contributed by atoms with Crippen LogP contribution in [0.4, 0.5) is 5.95 Å². The number of ether oxygens (including phenoxy) is 2. The van der Waals surface area contributed by atoms with Crippen molar-refractivity contribution in [2.45, 2.75) is 20.3 Å². The molecule has 2 rings (SSSR count). The summed E-state index contributed by atoms with van der Waals surface area (Å²) < 4.78 is 11.1. The summed E-state index contributed by atoms with van der Waals surface area (Å²) in [5.74, 6) is 1.78. The highest BCUT2D eigenvalue weighted by Gasteiger charge is 2.07. The van der Waals surface area contributed by atoms with E-state index in [0.29, 0.717) is 24.8 Å². The molecule has 0 amide bonds. The monoisotopic (exact) mass is 308 g/mol. The molecule has 112 valence electrons. The van der Waals surface area contributed by atoms with Crippen LogP contribution in [0.5, 0.6) is 17.5 Å². The van der Waals surface area contributed by atoms with Crippen LogP contribution in [-0.4, -0.2) is 28.1 Å². The van der Waals surface area contributed by atoms with Crippen LogP contribution in [0.25, 0.3) is 0 Å². The summed E-state index contributed by atoms with van der Waals surface area (Å²) in [6.07, 6.45) is 0.967. The molecule has 0 aliphatic carbocycles. The van der Waals surface area contributed by atoms with Gasteiger partial charge in [0.1, 0.15) is 11.5 Å². The second kappa shape index (κ2) is 7.64. The van der Waals surface area contributed by atoms with E-state index < -0.39 is 0 Å². The number of hydrogen-bond donors (Lipinski definition) is 1. The van der Waals surface area contributed by atoms with E-state index in [9.17, 15) is 0 Å². The molecule has 1 aromatic heterocycles. The van der Waals surface area contributed by atoms with E-state index in [-0.39, 0.29) is 11.3 Å².